The van der Waals surface area contributed by atoms with Crippen molar-refractivity contribution in [3.05, 3.63) is 35.4 Å². The Morgan fingerprint density at radius 3 is 2.43 bits per heavy atom. The topological polar surface area (TPSA) is 87.7 Å². The number of aryl methyl sites for hydroxylation is 1. The summed E-state index contributed by atoms with van der Waals surface area (Å²) in [4.78, 5) is 10.5. The fraction of sp³-hybridized carbons (Fsp3) is 0.111. The van der Waals surface area contributed by atoms with Crippen molar-refractivity contribution in [1.82, 2.24) is 5.32 Å². The fourth-order valence-electron chi connectivity index (χ4n) is 0.983. The Hall–Kier alpha value is -2.04. The van der Waals surface area contributed by atoms with Crippen molar-refractivity contribution in [2.75, 3.05) is 0 Å². The first-order valence-corrected chi connectivity index (χ1v) is 3.99. The van der Waals surface area contributed by atoms with E-state index in [0.29, 0.717) is 5.56 Å². The van der Waals surface area contributed by atoms with Crippen molar-refractivity contribution in [1.29, 1.82) is 0 Å². The van der Waals surface area contributed by atoms with E-state index in [1.807, 2.05) is 19.1 Å². The van der Waals surface area contributed by atoms with Crippen molar-refractivity contribution in [2.24, 2.45) is 10.9 Å². The van der Waals surface area contributed by atoms with Gasteiger partial charge in [-0.2, -0.15) is 0 Å². The van der Waals surface area contributed by atoms with Gasteiger partial charge in [-0.15, -0.1) is 0 Å². The van der Waals surface area contributed by atoms with E-state index in [2.05, 4.69) is 10.5 Å². The van der Waals surface area contributed by atoms with Crippen LogP contribution < -0.4 is 11.1 Å². The second-order valence-corrected chi connectivity index (χ2v) is 2.80. The van der Waals surface area contributed by atoms with Gasteiger partial charge in [-0.25, -0.2) is 4.79 Å². The molecule has 5 heteroatoms. The number of nitrogens with two attached hydrogens (primary N) is 1. The number of carbonyl (C=O) groups is 1. The number of rotatable bonds is 1. The molecule has 14 heavy (non-hydrogen) atoms. The molecule has 0 aliphatic heterocycles. The largest absolute Gasteiger partial charge is 0.409 e. The summed E-state index contributed by atoms with van der Waals surface area (Å²) in [5, 5.41) is 13.8. The van der Waals surface area contributed by atoms with Gasteiger partial charge in [0, 0.05) is 5.56 Å². The number of nitrogens with zero attached hydrogens (tertiary/aromatic N) is 1. The molecule has 0 aliphatic rings. The highest BCUT2D eigenvalue weighted by Crippen LogP contribution is 2.03. The number of benzene rings is 1. The molecule has 74 valence electrons. The molecule has 2 amide bonds. The van der Waals surface area contributed by atoms with E-state index in [1.165, 1.54) is 0 Å². The molecule has 1 rings (SSSR count). The normalized spacial score (nSPS) is 11.1. The van der Waals surface area contributed by atoms with E-state index >= 15 is 0 Å². The lowest BCUT2D eigenvalue weighted by Crippen LogP contribution is -2.35. The lowest BCUT2D eigenvalue weighted by atomic mass is 10.1. The van der Waals surface area contributed by atoms with Gasteiger partial charge in [-0.3, -0.25) is 5.32 Å². The number of hydrogen-bond donors (Lipinski definition) is 3. The number of urea groups is 1. The summed E-state index contributed by atoms with van der Waals surface area (Å²) in [7, 11) is 0. The molecular formula is C9H11N3O2. The molecule has 0 aromatic heterocycles. The van der Waals surface area contributed by atoms with Gasteiger partial charge < -0.3 is 10.9 Å². The average Bonchev–Trinajstić information content (AvgIpc) is 2.15. The Morgan fingerprint density at radius 1 is 1.43 bits per heavy atom. The zero-order chi connectivity index (χ0) is 10.6. The minimum atomic E-state index is -0.765. The molecule has 0 bridgehead atoms. The Balaban J connectivity index is 2.91. The minimum absolute atomic E-state index is 0.0394. The maximum absolute atomic E-state index is 10.5. The first kappa shape index (κ1) is 10.0. The van der Waals surface area contributed by atoms with Gasteiger partial charge in [-0.1, -0.05) is 35.0 Å². The number of carbonyl (C=O) groups excluding carboxylic acids is 1. The van der Waals surface area contributed by atoms with E-state index < -0.39 is 6.03 Å². The fourth-order valence-corrected chi connectivity index (χ4v) is 0.983. The number of amides is 2. The summed E-state index contributed by atoms with van der Waals surface area (Å²) in [6, 6.07) is 6.35. The Labute approximate surface area is 81.2 Å². The first-order valence-electron chi connectivity index (χ1n) is 3.99. The highest BCUT2D eigenvalue weighted by Gasteiger charge is 2.05. The SMILES string of the molecule is Cc1ccc(/C(=N/O)NC(N)=O)cc1. The van der Waals surface area contributed by atoms with E-state index in [9.17, 15) is 4.79 Å². The van der Waals surface area contributed by atoms with Crippen LogP contribution in [0.15, 0.2) is 29.4 Å². The molecule has 0 fully saturated rings. The summed E-state index contributed by atoms with van der Waals surface area (Å²) in [5.74, 6) is 0.0394. The molecule has 0 atom stereocenters. The molecule has 0 unspecified atom stereocenters. The number of hydrogen-bond acceptors (Lipinski definition) is 3. The van der Waals surface area contributed by atoms with Crippen LogP contribution in [0.5, 0.6) is 0 Å². The summed E-state index contributed by atoms with van der Waals surface area (Å²) < 4.78 is 0. The Bertz CT molecular complexity index is 357. The highest BCUT2D eigenvalue weighted by molar-refractivity contribution is 6.06. The maximum Gasteiger partial charge on any atom is 0.317 e. The van der Waals surface area contributed by atoms with Crippen molar-refractivity contribution < 1.29 is 10.0 Å². The molecule has 0 radical (unpaired) electrons. The lowest BCUT2D eigenvalue weighted by molar-refractivity contribution is 0.252. The predicted molar refractivity (Wildman–Crippen MR) is 52.2 cm³/mol. The van der Waals surface area contributed by atoms with Crippen LogP contribution in [0.2, 0.25) is 0 Å². The maximum atomic E-state index is 10.5. The molecular weight excluding hydrogens is 182 g/mol. The molecule has 1 aromatic rings. The van der Waals surface area contributed by atoms with Crippen LogP contribution in [0.4, 0.5) is 4.79 Å². The van der Waals surface area contributed by atoms with Gasteiger partial charge in [0.05, 0.1) is 0 Å². The van der Waals surface area contributed by atoms with Crippen LogP contribution >= 0.6 is 0 Å². The summed E-state index contributed by atoms with van der Waals surface area (Å²) in [5.41, 5.74) is 6.56. The predicted octanol–water partition coefficient (Wildman–Crippen LogP) is 0.799. The van der Waals surface area contributed by atoms with Crippen LogP contribution in [-0.4, -0.2) is 17.1 Å². The van der Waals surface area contributed by atoms with Gasteiger partial charge in [0.15, 0.2) is 5.84 Å². The molecule has 0 saturated heterocycles. The molecule has 1 aromatic carbocycles. The van der Waals surface area contributed by atoms with Gasteiger partial charge in [0.1, 0.15) is 0 Å². The molecule has 4 N–H and O–H groups in total. The van der Waals surface area contributed by atoms with Crippen molar-refractivity contribution in [3.8, 4) is 0 Å². The van der Waals surface area contributed by atoms with Gasteiger partial charge in [-0.05, 0) is 6.92 Å². The monoisotopic (exact) mass is 193 g/mol. The number of oxime groups is 1. The highest BCUT2D eigenvalue weighted by atomic mass is 16.4. The molecule has 5 nitrogen and oxygen atoms in total. The van der Waals surface area contributed by atoms with E-state index in [4.69, 9.17) is 10.9 Å². The van der Waals surface area contributed by atoms with Crippen LogP contribution in [0.3, 0.4) is 0 Å². The second-order valence-electron chi connectivity index (χ2n) is 2.80. The van der Waals surface area contributed by atoms with Crippen molar-refractivity contribution >= 4 is 11.9 Å². The number of amidine groups is 1. The lowest BCUT2D eigenvalue weighted by Gasteiger charge is -2.04. The molecule has 0 saturated carbocycles. The zero-order valence-corrected chi connectivity index (χ0v) is 7.69. The van der Waals surface area contributed by atoms with Crippen LogP contribution in [-0.2, 0) is 0 Å². The third-order valence-corrected chi connectivity index (χ3v) is 1.67. The smallest absolute Gasteiger partial charge is 0.317 e. The zero-order valence-electron chi connectivity index (χ0n) is 7.69. The van der Waals surface area contributed by atoms with Crippen molar-refractivity contribution in [3.63, 3.8) is 0 Å². The molecule has 0 heterocycles. The summed E-state index contributed by atoms with van der Waals surface area (Å²) in [6.07, 6.45) is 0. The van der Waals surface area contributed by atoms with Gasteiger partial charge in [0.2, 0.25) is 0 Å². The number of nitrogens with one attached hydrogen (secondary N) is 1. The Kier molecular flexibility index (Phi) is 3.06. The number of primary amides is 1. The van der Waals surface area contributed by atoms with Crippen LogP contribution in [0.25, 0.3) is 0 Å². The van der Waals surface area contributed by atoms with Crippen LogP contribution in [0.1, 0.15) is 11.1 Å². The van der Waals surface area contributed by atoms with Gasteiger partial charge >= 0.3 is 6.03 Å². The molecule has 0 spiro atoms. The van der Waals surface area contributed by atoms with Crippen molar-refractivity contribution in [2.45, 2.75) is 6.92 Å². The average molecular weight is 193 g/mol. The van der Waals surface area contributed by atoms with Gasteiger partial charge in [0.25, 0.3) is 0 Å². The van der Waals surface area contributed by atoms with Crippen LogP contribution in [0, 0.1) is 6.92 Å². The third-order valence-electron chi connectivity index (χ3n) is 1.67. The standard InChI is InChI=1S/C9H11N3O2/c1-6-2-4-7(5-3-6)8(12-14)11-9(10)13/h2-5,14H,1H3,(H3,10,11,12,13). The minimum Gasteiger partial charge on any atom is -0.409 e. The summed E-state index contributed by atoms with van der Waals surface area (Å²) >= 11 is 0. The van der Waals surface area contributed by atoms with E-state index in [1.54, 1.807) is 12.1 Å². The summed E-state index contributed by atoms with van der Waals surface area (Å²) in [6.45, 7) is 1.93. The van der Waals surface area contributed by atoms with E-state index in [-0.39, 0.29) is 5.84 Å². The first-order chi connectivity index (χ1) is 6.63. The second kappa shape index (κ2) is 4.27. The quantitative estimate of drug-likeness (QED) is 0.266. The molecule has 0 aliphatic carbocycles. The Morgan fingerprint density at radius 2 is 2.00 bits per heavy atom. The van der Waals surface area contributed by atoms with E-state index in [0.717, 1.165) is 5.56 Å². The third kappa shape index (κ3) is 2.48.